The van der Waals surface area contributed by atoms with Gasteiger partial charge in [-0.15, -0.1) is 0 Å². The molecule has 2 rings (SSSR count). The molecule has 1 fully saturated rings. The second-order valence-electron chi connectivity index (χ2n) is 3.90. The molecule has 1 atom stereocenters. The van der Waals surface area contributed by atoms with Crippen LogP contribution >= 0.6 is 0 Å². The molecule has 15 heavy (non-hydrogen) atoms. The van der Waals surface area contributed by atoms with Gasteiger partial charge >= 0.3 is 0 Å². The molecule has 84 valence electrons. The van der Waals surface area contributed by atoms with Gasteiger partial charge in [-0.1, -0.05) is 12.1 Å². The van der Waals surface area contributed by atoms with Crippen molar-refractivity contribution in [3.05, 3.63) is 12.2 Å². The van der Waals surface area contributed by atoms with Crippen molar-refractivity contribution in [2.75, 3.05) is 26.2 Å². The summed E-state index contributed by atoms with van der Waals surface area (Å²) in [5, 5.41) is 7.24. The molecule has 0 spiro atoms. The second kappa shape index (κ2) is 5.23. The molecule has 0 amide bonds. The van der Waals surface area contributed by atoms with Crippen molar-refractivity contribution in [3.8, 4) is 0 Å². The van der Waals surface area contributed by atoms with Gasteiger partial charge in [0.2, 0.25) is 6.39 Å². The summed E-state index contributed by atoms with van der Waals surface area (Å²) < 4.78 is 4.72. The van der Waals surface area contributed by atoms with E-state index in [2.05, 4.69) is 27.3 Å². The third-order valence-electron chi connectivity index (χ3n) is 2.97. The number of hydrogen-bond donors (Lipinski definition) is 1. The molecule has 0 aliphatic carbocycles. The van der Waals surface area contributed by atoms with Gasteiger partial charge in [-0.25, -0.2) is 0 Å². The second-order valence-corrected chi connectivity index (χ2v) is 3.90. The fourth-order valence-corrected chi connectivity index (χ4v) is 2.05. The summed E-state index contributed by atoms with van der Waals surface area (Å²) in [6.07, 6.45) is 3.47. The van der Waals surface area contributed by atoms with Crippen molar-refractivity contribution in [3.63, 3.8) is 0 Å². The van der Waals surface area contributed by atoms with E-state index in [0.29, 0.717) is 6.04 Å². The van der Waals surface area contributed by atoms with E-state index in [4.69, 9.17) is 4.52 Å². The molecule has 0 saturated carbocycles. The normalized spacial score (nSPS) is 23.1. The summed E-state index contributed by atoms with van der Waals surface area (Å²) in [5.74, 6) is 0.809. The molecule has 1 aliphatic rings. The van der Waals surface area contributed by atoms with Crippen molar-refractivity contribution in [2.24, 2.45) is 0 Å². The first-order chi connectivity index (χ1) is 7.40. The fraction of sp³-hybridized carbons (Fsp3) is 0.800. The number of nitrogens with one attached hydrogen (secondary N) is 1. The van der Waals surface area contributed by atoms with Crippen LogP contribution in [-0.4, -0.2) is 47.3 Å². The van der Waals surface area contributed by atoms with Crippen LogP contribution in [0.4, 0.5) is 0 Å². The van der Waals surface area contributed by atoms with Crippen LogP contribution in [0.3, 0.4) is 0 Å². The molecule has 2 heterocycles. The van der Waals surface area contributed by atoms with E-state index in [9.17, 15) is 0 Å². The molecule has 1 aromatic heterocycles. The van der Waals surface area contributed by atoms with Gasteiger partial charge < -0.3 is 9.84 Å². The van der Waals surface area contributed by atoms with Crippen LogP contribution in [0.5, 0.6) is 0 Å². The Balaban J connectivity index is 1.81. The summed E-state index contributed by atoms with van der Waals surface area (Å²) in [4.78, 5) is 6.54. The quantitative estimate of drug-likeness (QED) is 0.774. The largest absolute Gasteiger partial charge is 0.343 e. The maximum absolute atomic E-state index is 4.72. The van der Waals surface area contributed by atoms with Crippen LogP contribution in [0.2, 0.25) is 0 Å². The minimum atomic E-state index is 0.658. The van der Waals surface area contributed by atoms with Crippen molar-refractivity contribution in [1.82, 2.24) is 20.4 Å². The van der Waals surface area contributed by atoms with Gasteiger partial charge in [0.1, 0.15) is 0 Å². The van der Waals surface area contributed by atoms with Crippen molar-refractivity contribution >= 4 is 0 Å². The average Bonchev–Trinajstić information content (AvgIpc) is 2.79. The summed E-state index contributed by atoms with van der Waals surface area (Å²) in [6.45, 7) is 6.57. The van der Waals surface area contributed by atoms with Gasteiger partial charge in [0.15, 0.2) is 5.82 Å². The molecule has 5 nitrogen and oxygen atoms in total. The summed E-state index contributed by atoms with van der Waals surface area (Å²) in [7, 11) is 0. The maximum Gasteiger partial charge on any atom is 0.213 e. The van der Waals surface area contributed by atoms with E-state index in [1.165, 1.54) is 12.8 Å². The maximum atomic E-state index is 4.72. The highest BCUT2D eigenvalue weighted by Crippen LogP contribution is 2.07. The molecule has 0 bridgehead atoms. The predicted molar refractivity (Wildman–Crippen MR) is 56.5 cm³/mol. The highest BCUT2D eigenvalue weighted by Gasteiger charge is 2.20. The first-order valence-electron chi connectivity index (χ1n) is 5.60. The Kier molecular flexibility index (Phi) is 3.69. The van der Waals surface area contributed by atoms with Crippen LogP contribution in [0, 0.1) is 0 Å². The van der Waals surface area contributed by atoms with Gasteiger partial charge in [0.25, 0.3) is 0 Å². The smallest absolute Gasteiger partial charge is 0.213 e. The number of nitrogens with zero attached hydrogens (tertiary/aromatic N) is 3. The third-order valence-corrected chi connectivity index (χ3v) is 2.97. The first-order valence-corrected chi connectivity index (χ1v) is 5.60. The SMILES string of the molecule is CCC1CNCCN1CCc1ncon1. The van der Waals surface area contributed by atoms with E-state index in [1.807, 2.05) is 0 Å². The number of piperazine rings is 1. The van der Waals surface area contributed by atoms with Gasteiger partial charge in [-0.05, 0) is 6.42 Å². The topological polar surface area (TPSA) is 54.2 Å². The Morgan fingerprint density at radius 1 is 1.67 bits per heavy atom. The lowest BCUT2D eigenvalue weighted by atomic mass is 10.1. The standard InChI is InChI=1S/C10H18N4O/c1-2-9-7-11-4-6-14(9)5-3-10-12-8-15-13-10/h8-9,11H,2-7H2,1H3. The molecule has 1 N–H and O–H groups in total. The Labute approximate surface area is 89.8 Å². The minimum Gasteiger partial charge on any atom is -0.343 e. The van der Waals surface area contributed by atoms with Crippen LogP contribution in [-0.2, 0) is 6.42 Å². The number of hydrogen-bond acceptors (Lipinski definition) is 5. The molecule has 1 aliphatic heterocycles. The Morgan fingerprint density at radius 2 is 2.60 bits per heavy atom. The Bertz CT molecular complexity index is 275. The molecule has 0 aromatic carbocycles. The fourth-order valence-electron chi connectivity index (χ4n) is 2.05. The third kappa shape index (κ3) is 2.76. The van der Waals surface area contributed by atoms with Crippen LogP contribution in [0.25, 0.3) is 0 Å². The molecule has 1 saturated heterocycles. The molecular formula is C10H18N4O. The average molecular weight is 210 g/mol. The van der Waals surface area contributed by atoms with Crippen molar-refractivity contribution in [2.45, 2.75) is 25.8 Å². The van der Waals surface area contributed by atoms with E-state index in [1.54, 1.807) is 0 Å². The number of rotatable bonds is 4. The first kappa shape index (κ1) is 10.6. The van der Waals surface area contributed by atoms with Crippen LogP contribution in [0.1, 0.15) is 19.2 Å². The monoisotopic (exact) mass is 210 g/mol. The molecule has 1 aromatic rings. The van der Waals surface area contributed by atoms with Gasteiger partial charge in [0.05, 0.1) is 0 Å². The van der Waals surface area contributed by atoms with Crippen molar-refractivity contribution in [1.29, 1.82) is 0 Å². The Hall–Kier alpha value is -0.940. The summed E-state index contributed by atoms with van der Waals surface area (Å²) in [5.41, 5.74) is 0. The predicted octanol–water partition coefficient (Wildman–Crippen LogP) is 0.296. The lowest BCUT2D eigenvalue weighted by Gasteiger charge is -2.35. The molecule has 5 heteroatoms. The van der Waals surface area contributed by atoms with Crippen LogP contribution < -0.4 is 5.32 Å². The lowest BCUT2D eigenvalue weighted by molar-refractivity contribution is 0.158. The van der Waals surface area contributed by atoms with Gasteiger partial charge in [-0.2, -0.15) is 4.98 Å². The van der Waals surface area contributed by atoms with Crippen LogP contribution in [0.15, 0.2) is 10.9 Å². The van der Waals surface area contributed by atoms with E-state index >= 15 is 0 Å². The van der Waals surface area contributed by atoms with E-state index in [0.717, 1.165) is 38.4 Å². The zero-order valence-corrected chi connectivity index (χ0v) is 9.15. The highest BCUT2D eigenvalue weighted by atomic mass is 16.5. The summed E-state index contributed by atoms with van der Waals surface area (Å²) in [6, 6.07) is 0.658. The zero-order chi connectivity index (χ0) is 10.5. The summed E-state index contributed by atoms with van der Waals surface area (Å²) >= 11 is 0. The molecule has 0 radical (unpaired) electrons. The Morgan fingerprint density at radius 3 is 3.33 bits per heavy atom. The van der Waals surface area contributed by atoms with Crippen molar-refractivity contribution < 1.29 is 4.52 Å². The lowest BCUT2D eigenvalue weighted by Crippen LogP contribution is -2.51. The highest BCUT2D eigenvalue weighted by molar-refractivity contribution is 4.84. The molecular weight excluding hydrogens is 192 g/mol. The van der Waals surface area contributed by atoms with Gasteiger partial charge in [0, 0.05) is 38.6 Å². The van der Waals surface area contributed by atoms with E-state index in [-0.39, 0.29) is 0 Å². The molecule has 1 unspecified atom stereocenters. The number of aromatic nitrogens is 2. The zero-order valence-electron chi connectivity index (χ0n) is 9.15. The van der Waals surface area contributed by atoms with E-state index < -0.39 is 0 Å². The van der Waals surface area contributed by atoms with Gasteiger partial charge in [-0.3, -0.25) is 4.90 Å². The minimum absolute atomic E-state index is 0.658.